The summed E-state index contributed by atoms with van der Waals surface area (Å²) in [7, 11) is 0. The van der Waals surface area contributed by atoms with Crippen LogP contribution in [0.1, 0.15) is 19.8 Å². The zero-order chi connectivity index (χ0) is 8.04. The van der Waals surface area contributed by atoms with Gasteiger partial charge in [-0.1, -0.05) is 0 Å². The predicted molar refractivity (Wildman–Crippen MR) is 31.8 cm³/mol. The SMILES string of the molecule is CCOCCCC(F)(F)F. The average molecular weight is 156 g/mol. The van der Waals surface area contributed by atoms with Crippen molar-refractivity contribution in [3.05, 3.63) is 0 Å². The van der Waals surface area contributed by atoms with Gasteiger partial charge in [0.1, 0.15) is 0 Å². The van der Waals surface area contributed by atoms with E-state index in [4.69, 9.17) is 4.74 Å². The van der Waals surface area contributed by atoms with E-state index in [2.05, 4.69) is 0 Å². The van der Waals surface area contributed by atoms with Crippen molar-refractivity contribution in [2.45, 2.75) is 25.9 Å². The van der Waals surface area contributed by atoms with E-state index in [9.17, 15) is 13.2 Å². The van der Waals surface area contributed by atoms with Crippen molar-refractivity contribution in [3.8, 4) is 0 Å². The zero-order valence-electron chi connectivity index (χ0n) is 5.87. The molecule has 0 aromatic carbocycles. The third kappa shape index (κ3) is 7.75. The maximum absolute atomic E-state index is 11.4. The Labute approximate surface area is 58.2 Å². The highest BCUT2D eigenvalue weighted by molar-refractivity contribution is 4.48. The largest absolute Gasteiger partial charge is 0.389 e. The molecule has 0 radical (unpaired) electrons. The molecule has 4 heteroatoms. The smallest absolute Gasteiger partial charge is 0.382 e. The Balaban J connectivity index is 3.04. The van der Waals surface area contributed by atoms with Crippen molar-refractivity contribution in [2.75, 3.05) is 13.2 Å². The average Bonchev–Trinajstić information content (AvgIpc) is 1.78. The van der Waals surface area contributed by atoms with Gasteiger partial charge < -0.3 is 4.74 Å². The van der Waals surface area contributed by atoms with E-state index in [1.54, 1.807) is 6.92 Å². The Hall–Kier alpha value is -0.250. The van der Waals surface area contributed by atoms with Gasteiger partial charge in [0.2, 0.25) is 0 Å². The topological polar surface area (TPSA) is 9.23 Å². The molecule has 0 fully saturated rings. The molecule has 0 rings (SSSR count). The van der Waals surface area contributed by atoms with Crippen LogP contribution < -0.4 is 0 Å². The van der Waals surface area contributed by atoms with Gasteiger partial charge >= 0.3 is 6.18 Å². The molecule has 0 bridgehead atoms. The molecule has 62 valence electrons. The second-order valence-corrected chi connectivity index (χ2v) is 1.92. The summed E-state index contributed by atoms with van der Waals surface area (Å²) in [5.41, 5.74) is 0. The van der Waals surface area contributed by atoms with Crippen molar-refractivity contribution < 1.29 is 17.9 Å². The highest BCUT2D eigenvalue weighted by atomic mass is 19.4. The van der Waals surface area contributed by atoms with Crippen LogP contribution in [0.25, 0.3) is 0 Å². The summed E-state index contributed by atoms with van der Waals surface area (Å²) < 4.78 is 39.0. The standard InChI is InChI=1S/C6H11F3O/c1-2-10-5-3-4-6(7,8)9/h2-5H2,1H3. The van der Waals surface area contributed by atoms with Gasteiger partial charge in [-0.05, 0) is 13.3 Å². The van der Waals surface area contributed by atoms with E-state index in [0.717, 1.165) is 0 Å². The first-order chi connectivity index (χ1) is 4.56. The maximum atomic E-state index is 11.4. The van der Waals surface area contributed by atoms with Gasteiger partial charge in [0.05, 0.1) is 0 Å². The second-order valence-electron chi connectivity index (χ2n) is 1.92. The van der Waals surface area contributed by atoms with Gasteiger partial charge in [0.15, 0.2) is 0 Å². The van der Waals surface area contributed by atoms with E-state index < -0.39 is 12.6 Å². The van der Waals surface area contributed by atoms with Crippen LogP contribution in [0.3, 0.4) is 0 Å². The fourth-order valence-corrected chi connectivity index (χ4v) is 0.519. The lowest BCUT2D eigenvalue weighted by molar-refractivity contribution is -0.137. The van der Waals surface area contributed by atoms with E-state index in [0.29, 0.717) is 6.61 Å². The molecule has 0 heterocycles. The first-order valence-corrected chi connectivity index (χ1v) is 3.20. The Morgan fingerprint density at radius 3 is 2.30 bits per heavy atom. The molecule has 0 aliphatic carbocycles. The van der Waals surface area contributed by atoms with E-state index in [1.165, 1.54) is 0 Å². The van der Waals surface area contributed by atoms with Crippen LogP contribution in [0.2, 0.25) is 0 Å². The molecular formula is C6H11F3O. The quantitative estimate of drug-likeness (QED) is 0.568. The van der Waals surface area contributed by atoms with E-state index >= 15 is 0 Å². The minimum absolute atomic E-state index is 0.0668. The van der Waals surface area contributed by atoms with E-state index in [1.807, 2.05) is 0 Å². The van der Waals surface area contributed by atoms with Crippen LogP contribution in [0.4, 0.5) is 13.2 Å². The Morgan fingerprint density at radius 1 is 1.30 bits per heavy atom. The normalized spacial score (nSPS) is 12.0. The summed E-state index contributed by atoms with van der Waals surface area (Å²) >= 11 is 0. The first kappa shape index (κ1) is 9.75. The van der Waals surface area contributed by atoms with Crippen LogP contribution in [-0.2, 0) is 4.74 Å². The minimum Gasteiger partial charge on any atom is -0.382 e. The van der Waals surface area contributed by atoms with Crippen molar-refractivity contribution in [3.63, 3.8) is 0 Å². The van der Waals surface area contributed by atoms with Crippen LogP contribution in [-0.4, -0.2) is 19.4 Å². The molecule has 0 saturated carbocycles. The third-order valence-corrected chi connectivity index (χ3v) is 0.953. The summed E-state index contributed by atoms with van der Waals surface area (Å²) in [6.45, 7) is 2.45. The molecule has 0 aliphatic rings. The number of ether oxygens (including phenoxy) is 1. The lowest BCUT2D eigenvalue weighted by Crippen LogP contribution is -2.08. The molecule has 0 amide bonds. The van der Waals surface area contributed by atoms with Gasteiger partial charge in [-0.15, -0.1) is 0 Å². The van der Waals surface area contributed by atoms with Crippen LogP contribution in [0.5, 0.6) is 0 Å². The Bertz CT molecular complexity index is 79.6. The number of rotatable bonds is 4. The van der Waals surface area contributed by atoms with Gasteiger partial charge in [-0.2, -0.15) is 13.2 Å². The minimum atomic E-state index is -4.03. The predicted octanol–water partition coefficient (Wildman–Crippen LogP) is 2.37. The highest BCUT2D eigenvalue weighted by Crippen LogP contribution is 2.20. The number of hydrogen-bond acceptors (Lipinski definition) is 1. The summed E-state index contributed by atoms with van der Waals surface area (Å²) in [5.74, 6) is 0. The molecule has 0 aliphatic heterocycles. The summed E-state index contributed by atoms with van der Waals surface area (Å²) in [6.07, 6.45) is -4.71. The van der Waals surface area contributed by atoms with E-state index in [-0.39, 0.29) is 13.0 Å². The molecule has 0 N–H and O–H groups in total. The zero-order valence-corrected chi connectivity index (χ0v) is 5.87. The van der Waals surface area contributed by atoms with Crippen molar-refractivity contribution in [2.24, 2.45) is 0 Å². The van der Waals surface area contributed by atoms with Crippen molar-refractivity contribution >= 4 is 0 Å². The molecule has 0 atom stereocenters. The number of halogens is 3. The molecule has 0 spiro atoms. The second kappa shape index (κ2) is 4.55. The monoisotopic (exact) mass is 156 g/mol. The molecule has 1 nitrogen and oxygen atoms in total. The number of hydrogen-bond donors (Lipinski definition) is 0. The number of alkyl halides is 3. The van der Waals surface area contributed by atoms with Gasteiger partial charge in [-0.25, -0.2) is 0 Å². The molecule has 0 unspecified atom stereocenters. The maximum Gasteiger partial charge on any atom is 0.389 e. The van der Waals surface area contributed by atoms with Gasteiger partial charge in [0.25, 0.3) is 0 Å². The van der Waals surface area contributed by atoms with Crippen LogP contribution in [0, 0.1) is 0 Å². The lowest BCUT2D eigenvalue weighted by Gasteiger charge is -2.04. The molecule has 10 heavy (non-hydrogen) atoms. The Morgan fingerprint density at radius 2 is 1.90 bits per heavy atom. The fourth-order valence-electron chi connectivity index (χ4n) is 0.519. The summed E-state index contributed by atoms with van der Waals surface area (Å²) in [6, 6.07) is 0. The molecular weight excluding hydrogens is 145 g/mol. The first-order valence-electron chi connectivity index (χ1n) is 3.20. The highest BCUT2D eigenvalue weighted by Gasteiger charge is 2.25. The molecule has 0 aromatic heterocycles. The van der Waals surface area contributed by atoms with Gasteiger partial charge in [-0.3, -0.25) is 0 Å². The van der Waals surface area contributed by atoms with Crippen LogP contribution >= 0.6 is 0 Å². The fraction of sp³-hybridized carbons (Fsp3) is 1.00. The molecule has 0 saturated heterocycles. The van der Waals surface area contributed by atoms with Crippen molar-refractivity contribution in [1.29, 1.82) is 0 Å². The van der Waals surface area contributed by atoms with Gasteiger partial charge in [0, 0.05) is 19.6 Å². The Kier molecular flexibility index (Phi) is 4.43. The third-order valence-electron chi connectivity index (χ3n) is 0.953. The van der Waals surface area contributed by atoms with Crippen LogP contribution in [0.15, 0.2) is 0 Å². The summed E-state index contributed by atoms with van der Waals surface area (Å²) in [5, 5.41) is 0. The lowest BCUT2D eigenvalue weighted by atomic mass is 10.3. The van der Waals surface area contributed by atoms with Crippen molar-refractivity contribution in [1.82, 2.24) is 0 Å². The summed E-state index contributed by atoms with van der Waals surface area (Å²) in [4.78, 5) is 0. The molecule has 0 aromatic rings.